The molecular formula is C22H25NO4. The molecule has 0 saturated carbocycles. The normalized spacial score (nSPS) is 14.8. The Morgan fingerprint density at radius 1 is 1.11 bits per heavy atom. The molecule has 0 bridgehead atoms. The summed E-state index contributed by atoms with van der Waals surface area (Å²) in [7, 11) is 0. The Morgan fingerprint density at radius 2 is 1.85 bits per heavy atom. The molecule has 5 nitrogen and oxygen atoms in total. The molecule has 1 heterocycles. The fourth-order valence-corrected chi connectivity index (χ4v) is 3.46. The van der Waals surface area contributed by atoms with Gasteiger partial charge in [-0.2, -0.15) is 0 Å². The molecule has 1 aliphatic heterocycles. The topological polar surface area (TPSA) is 66.8 Å². The largest absolute Gasteiger partial charge is 0.489 e. The number of aryl methyl sites for hydroxylation is 1. The molecule has 1 saturated heterocycles. The molecule has 1 amide bonds. The van der Waals surface area contributed by atoms with Crippen molar-refractivity contribution < 1.29 is 19.4 Å². The number of piperidine rings is 1. The molecule has 1 N–H and O–H groups in total. The van der Waals surface area contributed by atoms with Crippen LogP contribution in [0, 0.1) is 12.8 Å². The van der Waals surface area contributed by atoms with E-state index in [4.69, 9.17) is 9.84 Å². The quantitative estimate of drug-likeness (QED) is 0.841. The number of benzene rings is 2. The number of carbonyl (C=O) groups excluding carboxylic acids is 1. The third-order valence-electron chi connectivity index (χ3n) is 4.93. The van der Waals surface area contributed by atoms with E-state index >= 15 is 0 Å². The number of hydrogen-bond donors (Lipinski definition) is 1. The second kappa shape index (κ2) is 8.71. The van der Waals surface area contributed by atoms with Crippen LogP contribution in [0.15, 0.2) is 48.5 Å². The van der Waals surface area contributed by atoms with E-state index in [1.165, 1.54) is 5.56 Å². The molecule has 2 aromatic rings. The molecule has 0 aromatic heterocycles. The lowest BCUT2D eigenvalue weighted by molar-refractivity contribution is -0.138. The fourth-order valence-electron chi connectivity index (χ4n) is 3.46. The Balaban J connectivity index is 1.58. The van der Waals surface area contributed by atoms with E-state index < -0.39 is 5.97 Å². The maximum absolute atomic E-state index is 12.8. The zero-order chi connectivity index (χ0) is 19.2. The molecule has 0 radical (unpaired) electrons. The number of rotatable bonds is 6. The van der Waals surface area contributed by atoms with Crippen LogP contribution in [0.3, 0.4) is 0 Å². The number of nitrogens with zero attached hydrogens (tertiary/aromatic N) is 1. The number of hydrogen-bond acceptors (Lipinski definition) is 3. The molecule has 1 fully saturated rings. The van der Waals surface area contributed by atoms with Crippen LogP contribution in [0.1, 0.15) is 40.7 Å². The molecule has 0 unspecified atom stereocenters. The number of carboxylic acids is 1. The summed E-state index contributed by atoms with van der Waals surface area (Å²) in [6.45, 7) is 3.71. The zero-order valence-electron chi connectivity index (χ0n) is 15.6. The van der Waals surface area contributed by atoms with E-state index in [1.54, 1.807) is 17.0 Å². The number of carbonyl (C=O) groups is 2. The summed E-state index contributed by atoms with van der Waals surface area (Å²) in [6.07, 6.45) is 1.66. The number of amides is 1. The van der Waals surface area contributed by atoms with E-state index in [0.717, 1.165) is 18.4 Å². The predicted octanol–water partition coefficient (Wildman–Crippen LogP) is 3.90. The molecular weight excluding hydrogens is 342 g/mol. The van der Waals surface area contributed by atoms with Gasteiger partial charge in [-0.3, -0.25) is 9.59 Å². The summed E-state index contributed by atoms with van der Waals surface area (Å²) in [5.41, 5.74) is 2.88. The molecule has 27 heavy (non-hydrogen) atoms. The van der Waals surface area contributed by atoms with Crippen LogP contribution >= 0.6 is 0 Å². The van der Waals surface area contributed by atoms with Gasteiger partial charge in [-0.1, -0.05) is 35.9 Å². The number of aliphatic carboxylic acids is 1. The molecule has 0 atom stereocenters. The molecule has 5 heteroatoms. The first-order valence-corrected chi connectivity index (χ1v) is 9.31. The molecule has 1 aliphatic rings. The van der Waals surface area contributed by atoms with Crippen LogP contribution in [-0.2, 0) is 11.4 Å². The Kier molecular flexibility index (Phi) is 6.12. The van der Waals surface area contributed by atoms with Gasteiger partial charge in [0.15, 0.2) is 0 Å². The van der Waals surface area contributed by atoms with Gasteiger partial charge >= 0.3 is 5.97 Å². The smallest absolute Gasteiger partial charge is 0.303 e. The van der Waals surface area contributed by atoms with Crippen LogP contribution in [0.2, 0.25) is 0 Å². The summed E-state index contributed by atoms with van der Waals surface area (Å²) in [5.74, 6) is 0.0432. The van der Waals surface area contributed by atoms with Gasteiger partial charge in [0.1, 0.15) is 12.4 Å². The maximum Gasteiger partial charge on any atom is 0.303 e. The summed E-state index contributed by atoms with van der Waals surface area (Å²) < 4.78 is 5.85. The highest BCUT2D eigenvalue weighted by Crippen LogP contribution is 2.23. The molecule has 142 valence electrons. The van der Waals surface area contributed by atoms with E-state index in [1.807, 2.05) is 37.3 Å². The summed E-state index contributed by atoms with van der Waals surface area (Å²) >= 11 is 0. The van der Waals surface area contributed by atoms with Crippen LogP contribution in [0.25, 0.3) is 0 Å². The van der Waals surface area contributed by atoms with Crippen molar-refractivity contribution in [2.24, 2.45) is 5.92 Å². The van der Waals surface area contributed by atoms with Gasteiger partial charge in [0.2, 0.25) is 0 Å². The van der Waals surface area contributed by atoms with Gasteiger partial charge in [-0.15, -0.1) is 0 Å². The molecule has 0 aliphatic carbocycles. The Hall–Kier alpha value is -2.82. The highest BCUT2D eigenvalue weighted by molar-refractivity contribution is 5.94. The van der Waals surface area contributed by atoms with Crippen molar-refractivity contribution >= 4 is 11.9 Å². The van der Waals surface area contributed by atoms with Crippen molar-refractivity contribution in [2.45, 2.75) is 32.8 Å². The predicted molar refractivity (Wildman–Crippen MR) is 103 cm³/mol. The summed E-state index contributed by atoms with van der Waals surface area (Å²) in [6, 6.07) is 15.4. The molecule has 3 rings (SSSR count). The molecule has 2 aromatic carbocycles. The summed E-state index contributed by atoms with van der Waals surface area (Å²) in [5, 5.41) is 8.90. The Bertz CT molecular complexity index is 809. The van der Waals surface area contributed by atoms with Crippen molar-refractivity contribution in [3.8, 4) is 5.75 Å². The minimum absolute atomic E-state index is 0.0234. The average Bonchev–Trinajstić information content (AvgIpc) is 2.66. The highest BCUT2D eigenvalue weighted by Gasteiger charge is 2.25. The Labute approximate surface area is 159 Å². The lowest BCUT2D eigenvalue weighted by atomic mass is 9.93. The molecule has 0 spiro atoms. The van der Waals surface area contributed by atoms with Gasteiger partial charge in [0.25, 0.3) is 5.91 Å². The third-order valence-corrected chi connectivity index (χ3v) is 4.93. The van der Waals surface area contributed by atoms with Crippen LogP contribution in [-0.4, -0.2) is 35.0 Å². The Morgan fingerprint density at radius 3 is 2.56 bits per heavy atom. The maximum atomic E-state index is 12.8. The third kappa shape index (κ3) is 5.33. The van der Waals surface area contributed by atoms with Crippen LogP contribution < -0.4 is 4.74 Å². The van der Waals surface area contributed by atoms with Gasteiger partial charge in [-0.25, -0.2) is 0 Å². The lowest BCUT2D eigenvalue weighted by Crippen LogP contribution is -2.38. The number of carboxylic acid groups (broad SMARTS) is 1. The minimum atomic E-state index is -0.766. The van der Waals surface area contributed by atoms with E-state index in [2.05, 4.69) is 6.07 Å². The monoisotopic (exact) mass is 367 g/mol. The van der Waals surface area contributed by atoms with Gasteiger partial charge in [0, 0.05) is 25.1 Å². The van der Waals surface area contributed by atoms with Crippen molar-refractivity contribution in [1.29, 1.82) is 0 Å². The van der Waals surface area contributed by atoms with Crippen molar-refractivity contribution in [3.05, 3.63) is 65.2 Å². The average molecular weight is 367 g/mol. The van der Waals surface area contributed by atoms with Crippen molar-refractivity contribution in [1.82, 2.24) is 4.90 Å². The van der Waals surface area contributed by atoms with Gasteiger partial charge in [0.05, 0.1) is 0 Å². The van der Waals surface area contributed by atoms with Crippen molar-refractivity contribution in [3.63, 3.8) is 0 Å². The highest BCUT2D eigenvalue weighted by atomic mass is 16.5. The van der Waals surface area contributed by atoms with Crippen LogP contribution in [0.5, 0.6) is 5.75 Å². The van der Waals surface area contributed by atoms with E-state index in [9.17, 15) is 9.59 Å². The van der Waals surface area contributed by atoms with E-state index in [0.29, 0.717) is 31.0 Å². The first-order valence-electron chi connectivity index (χ1n) is 9.31. The second-order valence-electron chi connectivity index (χ2n) is 7.14. The lowest BCUT2D eigenvalue weighted by Gasteiger charge is -2.31. The standard InChI is InChI=1S/C22H25NO4/c1-16-4-2-5-18(12-16)15-27-20-7-3-6-19(14-20)22(26)23-10-8-17(9-11-23)13-21(24)25/h2-7,12,14,17H,8-11,13,15H2,1H3,(H,24,25). The zero-order valence-corrected chi connectivity index (χ0v) is 15.6. The first kappa shape index (κ1) is 19.0. The van der Waals surface area contributed by atoms with Gasteiger partial charge in [-0.05, 0) is 49.4 Å². The fraction of sp³-hybridized carbons (Fsp3) is 0.364. The number of ether oxygens (including phenoxy) is 1. The van der Waals surface area contributed by atoms with Crippen molar-refractivity contribution in [2.75, 3.05) is 13.1 Å². The number of likely N-dealkylation sites (tertiary alicyclic amines) is 1. The van der Waals surface area contributed by atoms with Crippen LogP contribution in [0.4, 0.5) is 0 Å². The van der Waals surface area contributed by atoms with Gasteiger partial charge < -0.3 is 14.7 Å². The summed E-state index contributed by atoms with van der Waals surface area (Å²) in [4.78, 5) is 25.4. The second-order valence-corrected chi connectivity index (χ2v) is 7.14. The minimum Gasteiger partial charge on any atom is -0.489 e. The first-order chi connectivity index (χ1) is 13.0. The van der Waals surface area contributed by atoms with E-state index in [-0.39, 0.29) is 18.2 Å². The SMILES string of the molecule is Cc1cccc(COc2cccc(C(=O)N3CCC(CC(=O)O)CC3)c2)c1.